The Kier molecular flexibility index (Phi) is 4.21. The molecule has 2 rings (SSSR count). The Morgan fingerprint density at radius 1 is 1.38 bits per heavy atom. The highest BCUT2D eigenvalue weighted by atomic mass is 16.4. The van der Waals surface area contributed by atoms with Crippen LogP contribution in [0.1, 0.15) is 48.5 Å². The minimum absolute atomic E-state index is 0.0523. The van der Waals surface area contributed by atoms with E-state index in [1.807, 2.05) is 6.92 Å². The standard InChI is InChI=1S/C16H21NO4/c1-3-8-16(15(20)21)9-5-10-17(16)14(19)12-6-4-7-13(18)11(12)2/h4,6-7,18H,3,5,8-10H2,1-2H3,(H,20,21). The van der Waals surface area contributed by atoms with Gasteiger partial charge in [-0.3, -0.25) is 4.79 Å². The molecule has 1 amide bonds. The van der Waals surface area contributed by atoms with Crippen molar-refractivity contribution in [3.8, 4) is 5.75 Å². The molecule has 1 atom stereocenters. The summed E-state index contributed by atoms with van der Waals surface area (Å²) in [5.41, 5.74) is -0.243. The molecule has 0 aliphatic carbocycles. The van der Waals surface area contributed by atoms with E-state index in [0.717, 1.165) is 0 Å². The van der Waals surface area contributed by atoms with Crippen molar-refractivity contribution in [3.05, 3.63) is 29.3 Å². The van der Waals surface area contributed by atoms with Crippen LogP contribution >= 0.6 is 0 Å². The number of benzene rings is 1. The third-order valence-corrected chi connectivity index (χ3v) is 4.33. The SMILES string of the molecule is CCCC1(C(=O)O)CCCN1C(=O)c1cccc(O)c1C. The predicted octanol–water partition coefficient (Wildman–Crippen LogP) is 2.56. The maximum absolute atomic E-state index is 12.8. The molecule has 0 saturated carbocycles. The highest BCUT2D eigenvalue weighted by molar-refractivity contribution is 5.99. The average molecular weight is 291 g/mol. The van der Waals surface area contributed by atoms with Crippen molar-refractivity contribution < 1.29 is 19.8 Å². The summed E-state index contributed by atoms with van der Waals surface area (Å²) in [7, 11) is 0. The van der Waals surface area contributed by atoms with E-state index in [1.54, 1.807) is 19.1 Å². The minimum Gasteiger partial charge on any atom is -0.508 e. The van der Waals surface area contributed by atoms with Crippen LogP contribution in [0, 0.1) is 6.92 Å². The van der Waals surface area contributed by atoms with E-state index in [9.17, 15) is 19.8 Å². The van der Waals surface area contributed by atoms with Crippen LogP contribution in [0.2, 0.25) is 0 Å². The van der Waals surface area contributed by atoms with Gasteiger partial charge in [-0.25, -0.2) is 4.79 Å². The fourth-order valence-corrected chi connectivity index (χ4v) is 3.18. The zero-order chi connectivity index (χ0) is 15.6. The maximum Gasteiger partial charge on any atom is 0.329 e. The van der Waals surface area contributed by atoms with E-state index < -0.39 is 11.5 Å². The largest absolute Gasteiger partial charge is 0.508 e. The lowest BCUT2D eigenvalue weighted by molar-refractivity contribution is -0.148. The van der Waals surface area contributed by atoms with Gasteiger partial charge in [0.05, 0.1) is 0 Å². The van der Waals surface area contributed by atoms with Crippen molar-refractivity contribution in [2.24, 2.45) is 0 Å². The number of carbonyl (C=O) groups excluding carboxylic acids is 1. The first-order valence-electron chi connectivity index (χ1n) is 7.28. The summed E-state index contributed by atoms with van der Waals surface area (Å²) in [4.78, 5) is 26.0. The summed E-state index contributed by atoms with van der Waals surface area (Å²) in [6.07, 6.45) is 2.33. The molecule has 1 aliphatic rings. The monoisotopic (exact) mass is 291 g/mol. The van der Waals surface area contributed by atoms with Crippen molar-refractivity contribution in [2.45, 2.75) is 45.1 Å². The van der Waals surface area contributed by atoms with E-state index in [-0.39, 0.29) is 11.7 Å². The number of hydrogen-bond acceptors (Lipinski definition) is 3. The van der Waals surface area contributed by atoms with Crippen LogP contribution in [0.3, 0.4) is 0 Å². The number of rotatable bonds is 4. The van der Waals surface area contributed by atoms with Crippen molar-refractivity contribution >= 4 is 11.9 Å². The van der Waals surface area contributed by atoms with Crippen LogP contribution in [-0.2, 0) is 4.79 Å². The molecule has 2 N–H and O–H groups in total. The molecule has 0 bridgehead atoms. The first-order chi connectivity index (χ1) is 9.94. The van der Waals surface area contributed by atoms with Crippen LogP contribution in [-0.4, -0.2) is 39.1 Å². The summed E-state index contributed by atoms with van der Waals surface area (Å²) < 4.78 is 0. The van der Waals surface area contributed by atoms with Gasteiger partial charge in [0, 0.05) is 17.7 Å². The van der Waals surface area contributed by atoms with Gasteiger partial charge in [-0.1, -0.05) is 19.4 Å². The van der Waals surface area contributed by atoms with E-state index >= 15 is 0 Å². The van der Waals surface area contributed by atoms with Gasteiger partial charge in [0.2, 0.25) is 0 Å². The lowest BCUT2D eigenvalue weighted by Gasteiger charge is -2.35. The molecule has 0 aromatic heterocycles. The number of amides is 1. The smallest absolute Gasteiger partial charge is 0.329 e. The molecule has 0 spiro atoms. The van der Waals surface area contributed by atoms with Crippen molar-refractivity contribution in [3.63, 3.8) is 0 Å². The number of phenolic OH excluding ortho intramolecular Hbond substituents is 1. The zero-order valence-corrected chi connectivity index (χ0v) is 12.4. The number of carboxylic acids is 1. The second-order valence-corrected chi connectivity index (χ2v) is 5.60. The summed E-state index contributed by atoms with van der Waals surface area (Å²) in [6.45, 7) is 4.03. The van der Waals surface area contributed by atoms with Gasteiger partial charge < -0.3 is 15.1 Å². The molecule has 5 nitrogen and oxygen atoms in total. The third kappa shape index (κ3) is 2.48. The van der Waals surface area contributed by atoms with Gasteiger partial charge in [0.25, 0.3) is 5.91 Å². The van der Waals surface area contributed by atoms with Crippen LogP contribution in [0.5, 0.6) is 5.75 Å². The molecule has 114 valence electrons. The molecule has 5 heteroatoms. The topological polar surface area (TPSA) is 77.8 Å². The van der Waals surface area contributed by atoms with Crippen molar-refractivity contribution in [1.29, 1.82) is 0 Å². The van der Waals surface area contributed by atoms with Gasteiger partial charge in [-0.05, 0) is 38.3 Å². The van der Waals surface area contributed by atoms with E-state index in [0.29, 0.717) is 43.4 Å². The van der Waals surface area contributed by atoms with Gasteiger partial charge in [-0.2, -0.15) is 0 Å². The van der Waals surface area contributed by atoms with Crippen LogP contribution in [0.25, 0.3) is 0 Å². The van der Waals surface area contributed by atoms with Gasteiger partial charge in [0.1, 0.15) is 11.3 Å². The highest BCUT2D eigenvalue weighted by Crippen LogP contribution is 2.36. The molecule has 1 aromatic rings. The molecule has 1 aliphatic heterocycles. The molecule has 1 aromatic carbocycles. The second-order valence-electron chi connectivity index (χ2n) is 5.60. The fraction of sp³-hybridized carbons (Fsp3) is 0.500. The number of carbonyl (C=O) groups is 2. The molecular weight excluding hydrogens is 270 g/mol. The summed E-state index contributed by atoms with van der Waals surface area (Å²) in [5.74, 6) is -1.19. The van der Waals surface area contributed by atoms with Gasteiger partial charge >= 0.3 is 5.97 Å². The minimum atomic E-state index is -1.11. The van der Waals surface area contributed by atoms with Crippen LogP contribution in [0.15, 0.2) is 18.2 Å². The number of phenols is 1. The fourth-order valence-electron chi connectivity index (χ4n) is 3.18. The Bertz CT molecular complexity index is 569. The highest BCUT2D eigenvalue weighted by Gasteiger charge is 2.49. The van der Waals surface area contributed by atoms with Crippen LogP contribution in [0.4, 0.5) is 0 Å². The first-order valence-corrected chi connectivity index (χ1v) is 7.28. The van der Waals surface area contributed by atoms with Crippen molar-refractivity contribution in [2.75, 3.05) is 6.54 Å². The molecule has 0 radical (unpaired) electrons. The lowest BCUT2D eigenvalue weighted by Crippen LogP contribution is -2.53. The van der Waals surface area contributed by atoms with E-state index in [2.05, 4.69) is 0 Å². The Balaban J connectivity index is 2.41. The summed E-state index contributed by atoms with van der Waals surface area (Å²) in [5, 5.41) is 19.4. The lowest BCUT2D eigenvalue weighted by atomic mass is 9.90. The van der Waals surface area contributed by atoms with E-state index in [1.165, 1.54) is 11.0 Å². The number of aliphatic carboxylic acids is 1. The number of carboxylic acid groups (broad SMARTS) is 1. The van der Waals surface area contributed by atoms with Crippen molar-refractivity contribution in [1.82, 2.24) is 4.90 Å². The van der Waals surface area contributed by atoms with Crippen LogP contribution < -0.4 is 0 Å². The molecule has 1 unspecified atom stereocenters. The quantitative estimate of drug-likeness (QED) is 0.893. The average Bonchev–Trinajstić information content (AvgIpc) is 2.86. The zero-order valence-electron chi connectivity index (χ0n) is 12.4. The van der Waals surface area contributed by atoms with Gasteiger partial charge in [0.15, 0.2) is 0 Å². The maximum atomic E-state index is 12.8. The number of likely N-dealkylation sites (tertiary alicyclic amines) is 1. The number of nitrogens with zero attached hydrogens (tertiary/aromatic N) is 1. The molecular formula is C16H21NO4. The molecule has 21 heavy (non-hydrogen) atoms. The Morgan fingerprint density at radius 3 is 2.71 bits per heavy atom. The Labute approximate surface area is 124 Å². The summed E-state index contributed by atoms with van der Waals surface area (Å²) in [6, 6.07) is 4.76. The third-order valence-electron chi connectivity index (χ3n) is 4.33. The predicted molar refractivity (Wildman–Crippen MR) is 78.4 cm³/mol. The molecule has 1 heterocycles. The molecule has 1 fully saturated rings. The Hall–Kier alpha value is -2.04. The second kappa shape index (κ2) is 5.76. The van der Waals surface area contributed by atoms with Gasteiger partial charge in [-0.15, -0.1) is 0 Å². The van der Waals surface area contributed by atoms with E-state index in [4.69, 9.17) is 0 Å². The number of hydrogen-bond donors (Lipinski definition) is 2. The number of aromatic hydroxyl groups is 1. The molecule has 1 saturated heterocycles. The Morgan fingerprint density at radius 2 is 2.10 bits per heavy atom. The first kappa shape index (κ1) is 15.4. The normalized spacial score (nSPS) is 21.5. The summed E-state index contributed by atoms with van der Waals surface area (Å²) >= 11 is 0.